The third-order valence-electron chi connectivity index (χ3n) is 4.12. The fraction of sp³-hybridized carbons (Fsp3) is 0.105. The number of benzene rings is 2. The van der Waals surface area contributed by atoms with E-state index >= 15 is 0 Å². The Hall–Kier alpha value is -3.12. The monoisotopic (exact) mass is 366 g/mol. The number of hydrogen-bond acceptors (Lipinski definition) is 5. The fourth-order valence-electron chi connectivity index (χ4n) is 2.75. The van der Waals surface area contributed by atoms with Crippen LogP contribution in [0.5, 0.6) is 0 Å². The first-order valence-corrected chi connectivity index (χ1v) is 8.42. The van der Waals surface area contributed by atoms with E-state index in [0.29, 0.717) is 27.6 Å². The van der Waals surface area contributed by atoms with Crippen molar-refractivity contribution < 1.29 is 9.21 Å². The third-order valence-corrected chi connectivity index (χ3v) is 4.53. The first kappa shape index (κ1) is 16.4. The van der Waals surface area contributed by atoms with Gasteiger partial charge in [-0.15, -0.1) is 0 Å². The molecule has 0 aliphatic carbocycles. The Kier molecular flexibility index (Phi) is 4.18. The Bertz CT molecular complexity index is 1120. The first-order chi connectivity index (χ1) is 12.6. The number of carbonyl (C=O) groups excluding carboxylic acids is 1. The van der Waals surface area contributed by atoms with Gasteiger partial charge in [-0.05, 0) is 36.8 Å². The van der Waals surface area contributed by atoms with E-state index in [2.05, 4.69) is 20.6 Å². The van der Waals surface area contributed by atoms with E-state index in [1.807, 2.05) is 31.2 Å². The lowest BCUT2D eigenvalue weighted by Gasteiger charge is -2.10. The van der Waals surface area contributed by atoms with Crippen LogP contribution < -0.4 is 10.6 Å². The molecule has 130 valence electrons. The average Bonchev–Trinajstić information content (AvgIpc) is 3.03. The van der Waals surface area contributed by atoms with Crippen molar-refractivity contribution in [1.29, 1.82) is 0 Å². The standard InChI is InChI=1S/C19H15ClN4O2/c1-11-13(20)6-4-7-14(11)24-16(25)9-21-19-18-17(22-10-23-19)12-5-2-3-8-15(12)26-18/h2-8,10H,9H2,1H3,(H,24,25)(H,21,22,23). The lowest BCUT2D eigenvalue weighted by Crippen LogP contribution is -2.22. The lowest BCUT2D eigenvalue weighted by atomic mass is 10.2. The number of nitrogens with one attached hydrogen (secondary N) is 2. The lowest BCUT2D eigenvalue weighted by molar-refractivity contribution is -0.114. The number of rotatable bonds is 4. The molecule has 2 heterocycles. The van der Waals surface area contributed by atoms with E-state index < -0.39 is 0 Å². The molecule has 0 spiro atoms. The van der Waals surface area contributed by atoms with E-state index in [4.69, 9.17) is 16.0 Å². The molecule has 0 saturated heterocycles. The van der Waals surface area contributed by atoms with Gasteiger partial charge in [-0.3, -0.25) is 4.79 Å². The molecule has 0 radical (unpaired) electrons. The second kappa shape index (κ2) is 6.65. The van der Waals surface area contributed by atoms with Crippen LogP contribution in [0.2, 0.25) is 5.02 Å². The van der Waals surface area contributed by atoms with Crippen molar-refractivity contribution in [2.75, 3.05) is 17.2 Å². The molecule has 7 heteroatoms. The van der Waals surface area contributed by atoms with Crippen LogP contribution in [-0.2, 0) is 4.79 Å². The number of amides is 1. The largest absolute Gasteiger partial charge is 0.450 e. The summed E-state index contributed by atoms with van der Waals surface area (Å²) >= 11 is 6.08. The summed E-state index contributed by atoms with van der Waals surface area (Å²) in [5.41, 5.74) is 3.47. The van der Waals surface area contributed by atoms with Gasteiger partial charge in [-0.1, -0.05) is 29.8 Å². The fourth-order valence-corrected chi connectivity index (χ4v) is 2.93. The Morgan fingerprint density at radius 3 is 2.88 bits per heavy atom. The van der Waals surface area contributed by atoms with Gasteiger partial charge in [0.05, 0.1) is 6.54 Å². The number of anilines is 2. The molecule has 26 heavy (non-hydrogen) atoms. The second-order valence-corrected chi connectivity index (χ2v) is 6.22. The van der Waals surface area contributed by atoms with Gasteiger partial charge in [0, 0.05) is 16.1 Å². The van der Waals surface area contributed by atoms with Crippen LogP contribution in [0.1, 0.15) is 5.56 Å². The van der Waals surface area contributed by atoms with E-state index in [-0.39, 0.29) is 12.5 Å². The predicted molar refractivity (Wildman–Crippen MR) is 103 cm³/mol. The molecule has 0 bridgehead atoms. The number of halogens is 1. The van der Waals surface area contributed by atoms with E-state index in [9.17, 15) is 4.79 Å². The van der Waals surface area contributed by atoms with Gasteiger partial charge in [0.15, 0.2) is 11.4 Å². The Morgan fingerprint density at radius 2 is 2.00 bits per heavy atom. The van der Waals surface area contributed by atoms with Crippen LogP contribution in [0.4, 0.5) is 11.5 Å². The zero-order valence-corrected chi connectivity index (χ0v) is 14.7. The summed E-state index contributed by atoms with van der Waals surface area (Å²) in [6.07, 6.45) is 1.45. The summed E-state index contributed by atoms with van der Waals surface area (Å²) in [5.74, 6) is 0.266. The highest BCUT2D eigenvalue weighted by molar-refractivity contribution is 6.31. The molecule has 0 atom stereocenters. The maximum absolute atomic E-state index is 12.3. The zero-order chi connectivity index (χ0) is 18.1. The number of fused-ring (bicyclic) bond motifs is 3. The van der Waals surface area contributed by atoms with Gasteiger partial charge in [0.2, 0.25) is 5.91 Å². The molecule has 0 fully saturated rings. The zero-order valence-electron chi connectivity index (χ0n) is 13.9. The second-order valence-electron chi connectivity index (χ2n) is 5.81. The van der Waals surface area contributed by atoms with E-state index in [1.54, 1.807) is 18.2 Å². The normalized spacial score (nSPS) is 11.0. The molecule has 2 aromatic heterocycles. The third kappa shape index (κ3) is 2.95. The SMILES string of the molecule is Cc1c(Cl)cccc1NC(=O)CNc1ncnc2c1oc1ccccc12. The highest BCUT2D eigenvalue weighted by atomic mass is 35.5. The Morgan fingerprint density at radius 1 is 1.15 bits per heavy atom. The summed E-state index contributed by atoms with van der Waals surface area (Å²) in [7, 11) is 0. The van der Waals surface area contributed by atoms with Crippen molar-refractivity contribution in [1.82, 2.24) is 9.97 Å². The molecule has 4 rings (SSSR count). The van der Waals surface area contributed by atoms with Crippen molar-refractivity contribution in [3.8, 4) is 0 Å². The van der Waals surface area contributed by atoms with Crippen LogP contribution in [0, 0.1) is 6.92 Å². The Balaban J connectivity index is 1.54. The van der Waals surface area contributed by atoms with Gasteiger partial charge in [-0.25, -0.2) is 9.97 Å². The van der Waals surface area contributed by atoms with E-state index in [1.165, 1.54) is 6.33 Å². The average molecular weight is 367 g/mol. The van der Waals surface area contributed by atoms with Crippen LogP contribution >= 0.6 is 11.6 Å². The number of hydrogen-bond donors (Lipinski definition) is 2. The molecule has 0 saturated carbocycles. The molecule has 0 aliphatic rings. The van der Waals surface area contributed by atoms with E-state index in [0.717, 1.165) is 16.5 Å². The van der Waals surface area contributed by atoms with Crippen molar-refractivity contribution in [3.05, 3.63) is 59.4 Å². The number of nitrogens with zero attached hydrogens (tertiary/aromatic N) is 2. The smallest absolute Gasteiger partial charge is 0.243 e. The van der Waals surface area contributed by atoms with Gasteiger partial charge >= 0.3 is 0 Å². The quantitative estimate of drug-likeness (QED) is 0.560. The molecular weight excluding hydrogens is 352 g/mol. The van der Waals surface area contributed by atoms with Crippen molar-refractivity contribution in [2.45, 2.75) is 6.92 Å². The van der Waals surface area contributed by atoms with Crippen LogP contribution in [0.3, 0.4) is 0 Å². The van der Waals surface area contributed by atoms with Crippen molar-refractivity contribution in [3.63, 3.8) is 0 Å². The van der Waals surface area contributed by atoms with Gasteiger partial charge in [0.25, 0.3) is 0 Å². The number of carbonyl (C=O) groups is 1. The maximum atomic E-state index is 12.3. The highest BCUT2D eigenvalue weighted by Gasteiger charge is 2.14. The Labute approximate surface area is 154 Å². The molecular formula is C19H15ClN4O2. The molecule has 0 aliphatic heterocycles. The molecule has 1 amide bonds. The topological polar surface area (TPSA) is 80.0 Å². The van der Waals surface area contributed by atoms with Crippen molar-refractivity contribution >= 4 is 51.1 Å². The number of aromatic nitrogens is 2. The van der Waals surface area contributed by atoms with Gasteiger partial charge < -0.3 is 15.1 Å². The van der Waals surface area contributed by atoms with Crippen LogP contribution in [-0.4, -0.2) is 22.4 Å². The first-order valence-electron chi connectivity index (χ1n) is 8.04. The highest BCUT2D eigenvalue weighted by Crippen LogP contribution is 2.30. The molecule has 4 aromatic rings. The maximum Gasteiger partial charge on any atom is 0.243 e. The number of furan rings is 1. The molecule has 0 unspecified atom stereocenters. The van der Waals surface area contributed by atoms with Crippen LogP contribution in [0.15, 0.2) is 53.2 Å². The molecule has 6 nitrogen and oxygen atoms in total. The van der Waals surface area contributed by atoms with Crippen molar-refractivity contribution in [2.24, 2.45) is 0 Å². The molecule has 2 aromatic carbocycles. The van der Waals surface area contributed by atoms with Crippen LogP contribution in [0.25, 0.3) is 22.1 Å². The minimum absolute atomic E-state index is 0.0368. The van der Waals surface area contributed by atoms with Gasteiger partial charge in [-0.2, -0.15) is 0 Å². The summed E-state index contributed by atoms with van der Waals surface area (Å²) in [4.78, 5) is 20.7. The summed E-state index contributed by atoms with van der Waals surface area (Å²) in [5, 5.41) is 7.37. The number of para-hydroxylation sites is 1. The minimum Gasteiger partial charge on any atom is -0.450 e. The minimum atomic E-state index is -0.210. The summed E-state index contributed by atoms with van der Waals surface area (Å²) in [6, 6.07) is 13.0. The summed E-state index contributed by atoms with van der Waals surface area (Å²) < 4.78 is 5.83. The molecule has 2 N–H and O–H groups in total. The predicted octanol–water partition coefficient (Wildman–Crippen LogP) is 4.39. The summed E-state index contributed by atoms with van der Waals surface area (Å²) in [6.45, 7) is 1.89. The van der Waals surface area contributed by atoms with Gasteiger partial charge in [0.1, 0.15) is 17.4 Å².